The summed E-state index contributed by atoms with van der Waals surface area (Å²) >= 11 is 0. The van der Waals surface area contributed by atoms with Gasteiger partial charge in [0.25, 0.3) is 0 Å². The summed E-state index contributed by atoms with van der Waals surface area (Å²) in [6, 6.07) is 51.2. The molecule has 0 aliphatic rings. The lowest BCUT2D eigenvalue weighted by molar-refractivity contribution is 1.08. The largest absolute Gasteiger partial charge is 0.310 e. The number of aryl methyl sites for hydroxylation is 1. The van der Waals surface area contributed by atoms with Crippen LogP contribution in [0.2, 0.25) is 0 Å². The average molecular weight is 502 g/mol. The fourth-order valence-corrected chi connectivity index (χ4v) is 5.44. The van der Waals surface area contributed by atoms with Crippen molar-refractivity contribution in [3.63, 3.8) is 0 Å². The number of imidazole rings is 1. The highest BCUT2D eigenvalue weighted by molar-refractivity contribution is 5.99. The van der Waals surface area contributed by atoms with E-state index in [1.807, 2.05) is 6.07 Å². The number of hydrogen-bond donors (Lipinski definition) is 0. The number of para-hydroxylation sites is 4. The molecule has 0 N–H and O–H groups in total. The molecule has 0 bridgehead atoms. The van der Waals surface area contributed by atoms with Crippen LogP contribution in [-0.4, -0.2) is 9.55 Å². The van der Waals surface area contributed by atoms with Gasteiger partial charge in [-0.05, 0) is 78.5 Å². The van der Waals surface area contributed by atoms with Gasteiger partial charge >= 0.3 is 0 Å². The van der Waals surface area contributed by atoms with Crippen LogP contribution in [0, 0.1) is 6.92 Å². The average Bonchev–Trinajstić information content (AvgIpc) is 3.38. The zero-order valence-corrected chi connectivity index (χ0v) is 21.7. The second-order valence-corrected chi connectivity index (χ2v) is 9.76. The number of nitrogens with zero attached hydrogens (tertiary/aromatic N) is 3. The molecule has 0 radical (unpaired) electrons. The van der Waals surface area contributed by atoms with E-state index >= 15 is 0 Å². The molecule has 7 rings (SSSR count). The number of benzene rings is 6. The molecule has 0 atom stereocenters. The molecule has 1 aromatic heterocycles. The summed E-state index contributed by atoms with van der Waals surface area (Å²) in [6.07, 6.45) is 0. The minimum absolute atomic E-state index is 0.938. The van der Waals surface area contributed by atoms with Crippen molar-refractivity contribution >= 4 is 38.9 Å². The van der Waals surface area contributed by atoms with Crippen LogP contribution >= 0.6 is 0 Å². The van der Waals surface area contributed by atoms with E-state index in [2.05, 4.69) is 156 Å². The van der Waals surface area contributed by atoms with Gasteiger partial charge in [0.2, 0.25) is 0 Å². The first-order valence-electron chi connectivity index (χ1n) is 13.2. The Morgan fingerprint density at radius 3 is 2.08 bits per heavy atom. The molecule has 0 unspecified atom stereocenters. The molecule has 1 heterocycles. The Kier molecular flexibility index (Phi) is 5.68. The predicted molar refractivity (Wildman–Crippen MR) is 163 cm³/mol. The van der Waals surface area contributed by atoms with Crippen molar-refractivity contribution in [2.24, 2.45) is 0 Å². The van der Waals surface area contributed by atoms with Gasteiger partial charge in [0.1, 0.15) is 5.82 Å². The zero-order chi connectivity index (χ0) is 26.2. The fraction of sp³-hybridized carbons (Fsp3) is 0.0278. The molecule has 0 saturated heterocycles. The monoisotopic (exact) mass is 501 g/mol. The maximum Gasteiger partial charge on any atom is 0.145 e. The normalized spacial score (nSPS) is 11.2. The van der Waals surface area contributed by atoms with Crippen molar-refractivity contribution in [2.45, 2.75) is 6.92 Å². The first-order chi connectivity index (χ1) is 19.3. The van der Waals surface area contributed by atoms with Crippen LogP contribution in [0.15, 0.2) is 146 Å². The predicted octanol–water partition coefficient (Wildman–Crippen LogP) is 9.62. The third-order valence-electron chi connectivity index (χ3n) is 7.32. The van der Waals surface area contributed by atoms with E-state index in [0.717, 1.165) is 45.2 Å². The lowest BCUT2D eigenvalue weighted by Crippen LogP contribution is -2.10. The van der Waals surface area contributed by atoms with Crippen molar-refractivity contribution in [2.75, 3.05) is 4.90 Å². The van der Waals surface area contributed by atoms with E-state index in [4.69, 9.17) is 4.98 Å². The Balaban J connectivity index is 1.39. The molecule has 0 amide bonds. The Bertz CT molecular complexity index is 1910. The summed E-state index contributed by atoms with van der Waals surface area (Å²) in [5.74, 6) is 0.938. The summed E-state index contributed by atoms with van der Waals surface area (Å²) in [5, 5.41) is 2.44. The van der Waals surface area contributed by atoms with Crippen molar-refractivity contribution in [1.29, 1.82) is 0 Å². The van der Waals surface area contributed by atoms with E-state index in [9.17, 15) is 0 Å². The Hall–Kier alpha value is -5.15. The van der Waals surface area contributed by atoms with E-state index in [1.54, 1.807) is 0 Å². The van der Waals surface area contributed by atoms with Crippen LogP contribution in [0.3, 0.4) is 0 Å². The van der Waals surface area contributed by atoms with Crippen LogP contribution in [0.4, 0.5) is 17.1 Å². The van der Waals surface area contributed by atoms with E-state index in [1.165, 1.54) is 16.3 Å². The highest BCUT2D eigenvalue weighted by Crippen LogP contribution is 2.39. The molecular formula is C36H27N3. The lowest BCUT2D eigenvalue weighted by atomic mass is 10.1. The Morgan fingerprint density at radius 2 is 1.23 bits per heavy atom. The Morgan fingerprint density at radius 1 is 0.564 bits per heavy atom. The minimum atomic E-state index is 0.938. The van der Waals surface area contributed by atoms with Crippen LogP contribution in [0.5, 0.6) is 0 Å². The van der Waals surface area contributed by atoms with E-state index in [0.29, 0.717) is 0 Å². The van der Waals surface area contributed by atoms with Gasteiger partial charge in [-0.3, -0.25) is 4.57 Å². The molecule has 3 heteroatoms. The molecule has 0 aliphatic carbocycles. The van der Waals surface area contributed by atoms with Gasteiger partial charge in [0, 0.05) is 22.3 Å². The van der Waals surface area contributed by atoms with E-state index in [-0.39, 0.29) is 0 Å². The van der Waals surface area contributed by atoms with Crippen LogP contribution in [0.1, 0.15) is 5.56 Å². The molecular weight excluding hydrogens is 474 g/mol. The van der Waals surface area contributed by atoms with Crippen molar-refractivity contribution < 1.29 is 0 Å². The third kappa shape index (κ3) is 4.05. The molecule has 0 fully saturated rings. The minimum Gasteiger partial charge on any atom is -0.310 e. The SMILES string of the molecule is Cc1ccccc1-n1c(-c2ccc(N(c3ccccc3)c3cccc4ccccc34)cc2)nc2ccccc21. The zero-order valence-electron chi connectivity index (χ0n) is 21.7. The second kappa shape index (κ2) is 9.62. The smallest absolute Gasteiger partial charge is 0.145 e. The van der Waals surface area contributed by atoms with Crippen LogP contribution < -0.4 is 4.90 Å². The number of anilines is 3. The van der Waals surface area contributed by atoms with Gasteiger partial charge in [-0.1, -0.05) is 84.9 Å². The van der Waals surface area contributed by atoms with Gasteiger partial charge in [-0.15, -0.1) is 0 Å². The first-order valence-corrected chi connectivity index (χ1v) is 13.2. The van der Waals surface area contributed by atoms with Crippen LogP contribution in [0.25, 0.3) is 38.9 Å². The van der Waals surface area contributed by atoms with E-state index < -0.39 is 0 Å². The molecule has 186 valence electrons. The third-order valence-corrected chi connectivity index (χ3v) is 7.32. The molecule has 0 spiro atoms. The van der Waals surface area contributed by atoms with Gasteiger partial charge in [0.15, 0.2) is 0 Å². The lowest BCUT2D eigenvalue weighted by Gasteiger charge is -2.27. The summed E-state index contributed by atoms with van der Waals surface area (Å²) in [7, 11) is 0. The number of fused-ring (bicyclic) bond motifs is 2. The molecule has 3 nitrogen and oxygen atoms in total. The quantitative estimate of drug-likeness (QED) is 0.234. The molecule has 6 aromatic carbocycles. The maximum atomic E-state index is 5.08. The summed E-state index contributed by atoms with van der Waals surface area (Å²) in [5.41, 5.74) is 8.89. The molecule has 39 heavy (non-hydrogen) atoms. The van der Waals surface area contributed by atoms with Crippen molar-refractivity contribution in [3.8, 4) is 17.1 Å². The fourth-order valence-electron chi connectivity index (χ4n) is 5.44. The van der Waals surface area contributed by atoms with Crippen LogP contribution in [-0.2, 0) is 0 Å². The van der Waals surface area contributed by atoms with Gasteiger partial charge in [0.05, 0.1) is 22.4 Å². The number of aromatic nitrogens is 2. The van der Waals surface area contributed by atoms with Crippen molar-refractivity contribution in [3.05, 3.63) is 151 Å². The van der Waals surface area contributed by atoms with Crippen molar-refractivity contribution in [1.82, 2.24) is 9.55 Å². The highest BCUT2D eigenvalue weighted by Gasteiger charge is 2.18. The van der Waals surface area contributed by atoms with Gasteiger partial charge < -0.3 is 4.90 Å². The molecule has 0 aliphatic heterocycles. The van der Waals surface area contributed by atoms with Gasteiger partial charge in [-0.2, -0.15) is 0 Å². The number of rotatable bonds is 5. The Labute approximate surface area is 228 Å². The topological polar surface area (TPSA) is 21.1 Å². The summed E-state index contributed by atoms with van der Waals surface area (Å²) in [6.45, 7) is 2.15. The standard InChI is InChI=1S/C36H27N3/c1-26-12-5-9-19-33(26)39-35-20-10-8-18-32(35)37-36(39)28-22-24-30(25-23-28)38(29-15-3-2-4-16-29)34-21-11-14-27-13-6-7-17-31(27)34/h2-25H,1H3. The van der Waals surface area contributed by atoms with Gasteiger partial charge in [-0.25, -0.2) is 4.98 Å². The second-order valence-electron chi connectivity index (χ2n) is 9.76. The molecule has 0 saturated carbocycles. The maximum absolute atomic E-state index is 5.08. The highest BCUT2D eigenvalue weighted by atomic mass is 15.1. The first kappa shape index (κ1) is 23.0. The summed E-state index contributed by atoms with van der Waals surface area (Å²) in [4.78, 5) is 7.41. The number of hydrogen-bond acceptors (Lipinski definition) is 2. The molecule has 7 aromatic rings. The summed E-state index contributed by atoms with van der Waals surface area (Å²) < 4.78 is 2.28.